The van der Waals surface area contributed by atoms with Crippen LogP contribution in [0.2, 0.25) is 0 Å². The standard InChI is InChI=1S/C12H24O2/c1-5-10(4)8-11(12(13)14)7-6-9(2)3/h9-11H,5-8H2,1-4H3,(H,13,14). The van der Waals surface area contributed by atoms with Gasteiger partial charge in [-0.1, -0.05) is 40.5 Å². The smallest absolute Gasteiger partial charge is 0.306 e. The number of hydrogen-bond acceptors (Lipinski definition) is 1. The summed E-state index contributed by atoms with van der Waals surface area (Å²) in [6.07, 6.45) is 3.76. The largest absolute Gasteiger partial charge is 0.481 e. The van der Waals surface area contributed by atoms with Crippen molar-refractivity contribution in [1.29, 1.82) is 0 Å². The van der Waals surface area contributed by atoms with Gasteiger partial charge in [0.1, 0.15) is 0 Å². The Labute approximate surface area is 87.7 Å². The third-order valence-electron chi connectivity index (χ3n) is 2.83. The van der Waals surface area contributed by atoms with Gasteiger partial charge >= 0.3 is 5.97 Å². The molecule has 0 fully saturated rings. The zero-order chi connectivity index (χ0) is 11.1. The summed E-state index contributed by atoms with van der Waals surface area (Å²) in [5.74, 6) is 0.385. The van der Waals surface area contributed by atoms with Crippen molar-refractivity contribution < 1.29 is 9.90 Å². The van der Waals surface area contributed by atoms with Gasteiger partial charge in [-0.3, -0.25) is 4.79 Å². The molecule has 0 amide bonds. The van der Waals surface area contributed by atoms with E-state index < -0.39 is 5.97 Å². The summed E-state index contributed by atoms with van der Waals surface area (Å²) in [6, 6.07) is 0. The van der Waals surface area contributed by atoms with Gasteiger partial charge in [0.25, 0.3) is 0 Å². The molecule has 0 heterocycles. The first kappa shape index (κ1) is 13.5. The molecule has 0 aromatic heterocycles. The van der Waals surface area contributed by atoms with E-state index in [9.17, 15) is 4.79 Å². The molecule has 2 atom stereocenters. The van der Waals surface area contributed by atoms with Gasteiger partial charge in [0.2, 0.25) is 0 Å². The molecule has 0 spiro atoms. The maximum atomic E-state index is 11.0. The first-order chi connectivity index (χ1) is 6.47. The summed E-state index contributed by atoms with van der Waals surface area (Å²) >= 11 is 0. The average molecular weight is 200 g/mol. The Morgan fingerprint density at radius 2 is 1.79 bits per heavy atom. The summed E-state index contributed by atoms with van der Waals surface area (Å²) in [4.78, 5) is 11.0. The predicted molar refractivity (Wildman–Crippen MR) is 59.3 cm³/mol. The third-order valence-corrected chi connectivity index (χ3v) is 2.83. The predicted octanol–water partition coefficient (Wildman–Crippen LogP) is 3.56. The quantitative estimate of drug-likeness (QED) is 0.682. The van der Waals surface area contributed by atoms with E-state index in [0.717, 1.165) is 25.7 Å². The van der Waals surface area contributed by atoms with Gasteiger partial charge in [-0.25, -0.2) is 0 Å². The monoisotopic (exact) mass is 200 g/mol. The van der Waals surface area contributed by atoms with Gasteiger partial charge in [-0.2, -0.15) is 0 Å². The molecular formula is C12H24O2. The number of carbonyl (C=O) groups is 1. The van der Waals surface area contributed by atoms with Crippen LogP contribution in [0.3, 0.4) is 0 Å². The lowest BCUT2D eigenvalue weighted by molar-refractivity contribution is -0.142. The highest BCUT2D eigenvalue weighted by atomic mass is 16.4. The fourth-order valence-corrected chi connectivity index (χ4v) is 1.53. The van der Waals surface area contributed by atoms with Crippen molar-refractivity contribution in [3.63, 3.8) is 0 Å². The summed E-state index contributed by atoms with van der Waals surface area (Å²) < 4.78 is 0. The molecule has 2 heteroatoms. The van der Waals surface area contributed by atoms with Crippen molar-refractivity contribution in [3.05, 3.63) is 0 Å². The molecule has 14 heavy (non-hydrogen) atoms. The van der Waals surface area contributed by atoms with Crippen molar-refractivity contribution in [2.24, 2.45) is 17.8 Å². The molecular weight excluding hydrogens is 176 g/mol. The molecule has 2 unspecified atom stereocenters. The average Bonchev–Trinajstić information content (AvgIpc) is 2.10. The minimum absolute atomic E-state index is 0.132. The molecule has 0 aliphatic carbocycles. The van der Waals surface area contributed by atoms with Crippen LogP contribution in [0.5, 0.6) is 0 Å². The van der Waals surface area contributed by atoms with Gasteiger partial charge in [0.15, 0.2) is 0 Å². The van der Waals surface area contributed by atoms with Crippen LogP contribution in [0.1, 0.15) is 53.4 Å². The SMILES string of the molecule is CCC(C)CC(CCC(C)C)C(=O)O. The highest BCUT2D eigenvalue weighted by Crippen LogP contribution is 2.21. The molecule has 0 aromatic rings. The molecule has 0 aromatic carbocycles. The van der Waals surface area contributed by atoms with Crippen LogP contribution in [-0.2, 0) is 4.79 Å². The van der Waals surface area contributed by atoms with Crippen molar-refractivity contribution in [2.75, 3.05) is 0 Å². The van der Waals surface area contributed by atoms with Gasteiger partial charge in [0, 0.05) is 0 Å². The number of carboxylic acid groups (broad SMARTS) is 1. The van der Waals surface area contributed by atoms with Gasteiger partial charge in [-0.15, -0.1) is 0 Å². The van der Waals surface area contributed by atoms with Crippen LogP contribution in [0.4, 0.5) is 0 Å². The fourth-order valence-electron chi connectivity index (χ4n) is 1.53. The molecule has 0 saturated heterocycles. The number of rotatable bonds is 7. The van der Waals surface area contributed by atoms with Crippen molar-refractivity contribution >= 4 is 5.97 Å². The van der Waals surface area contributed by atoms with Gasteiger partial charge in [-0.05, 0) is 24.7 Å². The number of hydrogen-bond donors (Lipinski definition) is 1. The van der Waals surface area contributed by atoms with Crippen LogP contribution < -0.4 is 0 Å². The van der Waals surface area contributed by atoms with E-state index >= 15 is 0 Å². The number of carboxylic acids is 1. The van der Waals surface area contributed by atoms with Crippen LogP contribution >= 0.6 is 0 Å². The minimum Gasteiger partial charge on any atom is -0.481 e. The highest BCUT2D eigenvalue weighted by molar-refractivity contribution is 5.69. The van der Waals surface area contributed by atoms with E-state index in [1.165, 1.54) is 0 Å². The van der Waals surface area contributed by atoms with Crippen molar-refractivity contribution in [2.45, 2.75) is 53.4 Å². The Morgan fingerprint density at radius 3 is 2.14 bits per heavy atom. The maximum absolute atomic E-state index is 11.0. The second-order valence-electron chi connectivity index (χ2n) is 4.76. The topological polar surface area (TPSA) is 37.3 Å². The van der Waals surface area contributed by atoms with Crippen LogP contribution in [0, 0.1) is 17.8 Å². The molecule has 0 bridgehead atoms. The van der Waals surface area contributed by atoms with Crippen LogP contribution in [0.25, 0.3) is 0 Å². The molecule has 2 nitrogen and oxygen atoms in total. The zero-order valence-electron chi connectivity index (χ0n) is 9.92. The Bertz CT molecular complexity index is 164. The second kappa shape index (κ2) is 6.86. The number of aliphatic carboxylic acids is 1. The Kier molecular flexibility index (Phi) is 6.60. The summed E-state index contributed by atoms with van der Waals surface area (Å²) in [5, 5.41) is 9.03. The third kappa shape index (κ3) is 6.01. The Balaban J connectivity index is 3.96. The van der Waals surface area contributed by atoms with E-state index in [-0.39, 0.29) is 5.92 Å². The lowest BCUT2D eigenvalue weighted by atomic mass is 9.89. The zero-order valence-corrected chi connectivity index (χ0v) is 9.92. The lowest BCUT2D eigenvalue weighted by Gasteiger charge is -2.17. The molecule has 0 aliphatic rings. The molecule has 0 rings (SSSR count). The van der Waals surface area contributed by atoms with E-state index in [1.807, 2.05) is 0 Å². The summed E-state index contributed by atoms with van der Waals surface area (Å²) in [7, 11) is 0. The van der Waals surface area contributed by atoms with E-state index in [0.29, 0.717) is 11.8 Å². The molecule has 1 N–H and O–H groups in total. The Hall–Kier alpha value is -0.530. The Morgan fingerprint density at radius 1 is 1.21 bits per heavy atom. The first-order valence-corrected chi connectivity index (χ1v) is 5.70. The van der Waals surface area contributed by atoms with Gasteiger partial charge < -0.3 is 5.11 Å². The first-order valence-electron chi connectivity index (χ1n) is 5.70. The lowest BCUT2D eigenvalue weighted by Crippen LogP contribution is -2.17. The van der Waals surface area contributed by atoms with E-state index in [1.54, 1.807) is 0 Å². The van der Waals surface area contributed by atoms with E-state index in [4.69, 9.17) is 5.11 Å². The molecule has 0 radical (unpaired) electrons. The molecule has 0 saturated carbocycles. The molecule has 84 valence electrons. The van der Waals surface area contributed by atoms with Crippen molar-refractivity contribution in [3.8, 4) is 0 Å². The summed E-state index contributed by atoms with van der Waals surface area (Å²) in [6.45, 7) is 8.53. The highest BCUT2D eigenvalue weighted by Gasteiger charge is 2.19. The van der Waals surface area contributed by atoms with Gasteiger partial charge in [0.05, 0.1) is 5.92 Å². The summed E-state index contributed by atoms with van der Waals surface area (Å²) in [5.41, 5.74) is 0. The minimum atomic E-state index is -0.619. The second-order valence-corrected chi connectivity index (χ2v) is 4.76. The van der Waals surface area contributed by atoms with Crippen LogP contribution in [-0.4, -0.2) is 11.1 Å². The molecule has 0 aliphatic heterocycles. The normalized spacial score (nSPS) is 15.5. The maximum Gasteiger partial charge on any atom is 0.306 e. The van der Waals surface area contributed by atoms with E-state index in [2.05, 4.69) is 27.7 Å². The fraction of sp³-hybridized carbons (Fsp3) is 0.917. The van der Waals surface area contributed by atoms with Crippen molar-refractivity contribution in [1.82, 2.24) is 0 Å². The van der Waals surface area contributed by atoms with Crippen LogP contribution in [0.15, 0.2) is 0 Å².